The SMILES string of the molecule is Brc1oc2cc3c(cc2c1-c1ccccc1)OOC3. The van der Waals surface area contributed by atoms with Crippen molar-refractivity contribution >= 4 is 26.9 Å². The van der Waals surface area contributed by atoms with Gasteiger partial charge in [0.1, 0.15) is 12.2 Å². The maximum Gasteiger partial charge on any atom is 0.178 e. The predicted molar refractivity (Wildman–Crippen MR) is 74.8 cm³/mol. The van der Waals surface area contributed by atoms with E-state index in [0.29, 0.717) is 6.61 Å². The van der Waals surface area contributed by atoms with Crippen molar-refractivity contribution in [2.24, 2.45) is 0 Å². The van der Waals surface area contributed by atoms with Crippen LogP contribution in [0.2, 0.25) is 0 Å². The summed E-state index contributed by atoms with van der Waals surface area (Å²) in [6, 6.07) is 14.1. The molecule has 1 aliphatic heterocycles. The summed E-state index contributed by atoms with van der Waals surface area (Å²) in [5.74, 6) is 0.762. The fourth-order valence-corrected chi connectivity index (χ4v) is 2.97. The minimum atomic E-state index is 0.463. The lowest BCUT2D eigenvalue weighted by Crippen LogP contribution is -1.81. The number of fused-ring (bicyclic) bond motifs is 2. The van der Waals surface area contributed by atoms with E-state index in [4.69, 9.17) is 14.2 Å². The second-order valence-electron chi connectivity index (χ2n) is 4.42. The molecule has 2 heterocycles. The molecule has 3 aromatic rings. The average Bonchev–Trinajstić information content (AvgIpc) is 2.99. The molecular weight excluding hydrogens is 308 g/mol. The van der Waals surface area contributed by atoms with Gasteiger partial charge in [-0.3, -0.25) is 0 Å². The molecule has 0 N–H and O–H groups in total. The molecule has 0 amide bonds. The first-order chi connectivity index (χ1) is 9.33. The molecule has 3 nitrogen and oxygen atoms in total. The van der Waals surface area contributed by atoms with Crippen molar-refractivity contribution in [3.63, 3.8) is 0 Å². The summed E-state index contributed by atoms with van der Waals surface area (Å²) in [6.45, 7) is 0.463. The van der Waals surface area contributed by atoms with Gasteiger partial charge in [-0.25, -0.2) is 0 Å². The van der Waals surface area contributed by atoms with E-state index in [1.807, 2.05) is 30.3 Å². The molecule has 0 saturated carbocycles. The summed E-state index contributed by atoms with van der Waals surface area (Å²) < 4.78 is 6.52. The van der Waals surface area contributed by atoms with E-state index < -0.39 is 0 Å². The average molecular weight is 317 g/mol. The molecule has 0 aliphatic carbocycles. The zero-order chi connectivity index (χ0) is 12.8. The van der Waals surface area contributed by atoms with E-state index in [0.717, 1.165) is 38.1 Å². The van der Waals surface area contributed by atoms with Gasteiger partial charge < -0.3 is 9.30 Å². The monoisotopic (exact) mass is 316 g/mol. The molecule has 19 heavy (non-hydrogen) atoms. The van der Waals surface area contributed by atoms with Crippen LogP contribution in [0.4, 0.5) is 0 Å². The minimum absolute atomic E-state index is 0.463. The molecule has 2 aromatic carbocycles. The number of benzene rings is 2. The van der Waals surface area contributed by atoms with Gasteiger partial charge in [0.05, 0.1) is 0 Å². The number of halogens is 1. The zero-order valence-electron chi connectivity index (χ0n) is 9.85. The highest BCUT2D eigenvalue weighted by molar-refractivity contribution is 9.10. The van der Waals surface area contributed by atoms with Crippen LogP contribution in [-0.4, -0.2) is 0 Å². The molecule has 0 fully saturated rings. The molecule has 1 aliphatic rings. The fraction of sp³-hybridized carbons (Fsp3) is 0.0667. The van der Waals surface area contributed by atoms with Crippen LogP contribution < -0.4 is 4.89 Å². The summed E-state index contributed by atoms with van der Waals surface area (Å²) in [7, 11) is 0. The van der Waals surface area contributed by atoms with Gasteiger partial charge in [0.2, 0.25) is 0 Å². The summed E-state index contributed by atoms with van der Waals surface area (Å²) in [6.07, 6.45) is 0. The third-order valence-corrected chi connectivity index (χ3v) is 3.81. The van der Waals surface area contributed by atoms with Crippen molar-refractivity contribution < 1.29 is 14.2 Å². The molecule has 0 bridgehead atoms. The molecule has 1 aromatic heterocycles. The summed E-state index contributed by atoms with van der Waals surface area (Å²) >= 11 is 3.50. The van der Waals surface area contributed by atoms with E-state index >= 15 is 0 Å². The Balaban J connectivity index is 2.03. The first-order valence-corrected chi connectivity index (χ1v) is 6.72. The van der Waals surface area contributed by atoms with Crippen LogP contribution >= 0.6 is 15.9 Å². The van der Waals surface area contributed by atoms with Gasteiger partial charge in [-0.05, 0) is 33.6 Å². The Bertz CT molecular complexity index is 762. The normalized spacial score (nSPS) is 13.5. The van der Waals surface area contributed by atoms with Crippen LogP contribution in [0.15, 0.2) is 51.6 Å². The van der Waals surface area contributed by atoms with Crippen LogP contribution in [-0.2, 0) is 11.5 Å². The van der Waals surface area contributed by atoms with Crippen LogP contribution in [0, 0.1) is 0 Å². The maximum atomic E-state index is 5.78. The van der Waals surface area contributed by atoms with Gasteiger partial charge in [0.25, 0.3) is 0 Å². The van der Waals surface area contributed by atoms with Crippen molar-refractivity contribution in [3.8, 4) is 16.9 Å². The number of furan rings is 1. The maximum absolute atomic E-state index is 5.78. The Morgan fingerprint density at radius 1 is 1.05 bits per heavy atom. The Hall–Kier alpha value is -1.78. The fourth-order valence-electron chi connectivity index (χ4n) is 2.36. The minimum Gasteiger partial charge on any atom is -0.449 e. The smallest absolute Gasteiger partial charge is 0.178 e. The van der Waals surface area contributed by atoms with Gasteiger partial charge in [0, 0.05) is 16.5 Å². The Morgan fingerprint density at radius 3 is 2.74 bits per heavy atom. The second-order valence-corrected chi connectivity index (χ2v) is 5.14. The van der Waals surface area contributed by atoms with Crippen molar-refractivity contribution in [3.05, 3.63) is 52.7 Å². The molecule has 0 spiro atoms. The molecule has 0 atom stereocenters. The van der Waals surface area contributed by atoms with E-state index in [2.05, 4.69) is 28.1 Å². The van der Waals surface area contributed by atoms with Gasteiger partial charge in [-0.1, -0.05) is 30.3 Å². The van der Waals surface area contributed by atoms with E-state index in [-0.39, 0.29) is 0 Å². The van der Waals surface area contributed by atoms with E-state index in [9.17, 15) is 0 Å². The van der Waals surface area contributed by atoms with Gasteiger partial charge in [-0.15, -0.1) is 0 Å². The molecule has 4 rings (SSSR count). The third kappa shape index (κ3) is 1.68. The van der Waals surface area contributed by atoms with Crippen molar-refractivity contribution in [2.45, 2.75) is 6.61 Å². The molecule has 94 valence electrons. The highest BCUT2D eigenvalue weighted by atomic mass is 79.9. The first-order valence-electron chi connectivity index (χ1n) is 5.93. The van der Waals surface area contributed by atoms with Crippen LogP contribution in [0.3, 0.4) is 0 Å². The van der Waals surface area contributed by atoms with Crippen molar-refractivity contribution in [1.82, 2.24) is 0 Å². The molecule has 0 unspecified atom stereocenters. The Morgan fingerprint density at radius 2 is 1.89 bits per heavy atom. The van der Waals surface area contributed by atoms with Gasteiger partial charge >= 0.3 is 0 Å². The predicted octanol–water partition coefficient (Wildman–Crippen LogP) is 4.69. The lowest BCUT2D eigenvalue weighted by atomic mass is 10.0. The lowest BCUT2D eigenvalue weighted by Gasteiger charge is -2.00. The first kappa shape index (κ1) is 11.1. The third-order valence-electron chi connectivity index (χ3n) is 3.25. The Kier molecular flexibility index (Phi) is 2.40. The zero-order valence-corrected chi connectivity index (χ0v) is 11.4. The summed E-state index contributed by atoms with van der Waals surface area (Å²) in [5, 5.41) is 1.02. The van der Waals surface area contributed by atoms with Crippen LogP contribution in [0.1, 0.15) is 5.56 Å². The van der Waals surface area contributed by atoms with Crippen LogP contribution in [0.25, 0.3) is 22.1 Å². The Labute approximate surface area is 117 Å². The molecule has 0 radical (unpaired) electrons. The van der Waals surface area contributed by atoms with Crippen LogP contribution in [0.5, 0.6) is 5.75 Å². The molecule has 0 saturated heterocycles. The largest absolute Gasteiger partial charge is 0.449 e. The number of hydrogen-bond acceptors (Lipinski definition) is 3. The number of rotatable bonds is 1. The van der Waals surface area contributed by atoms with E-state index in [1.54, 1.807) is 0 Å². The summed E-state index contributed by atoms with van der Waals surface area (Å²) in [5.41, 5.74) is 3.98. The van der Waals surface area contributed by atoms with Gasteiger partial charge in [-0.2, -0.15) is 4.89 Å². The topological polar surface area (TPSA) is 31.6 Å². The van der Waals surface area contributed by atoms with E-state index in [1.165, 1.54) is 0 Å². The standard InChI is InChI=1S/C15H9BrO3/c16-15-14(9-4-2-1-3-5-9)11-7-12-10(8-17-19-12)6-13(11)18-15/h1-7H,8H2. The lowest BCUT2D eigenvalue weighted by molar-refractivity contribution is -0.194. The van der Waals surface area contributed by atoms with Crippen molar-refractivity contribution in [1.29, 1.82) is 0 Å². The second kappa shape index (κ2) is 4.11. The summed E-state index contributed by atoms with van der Waals surface area (Å²) in [4.78, 5) is 10.1. The quantitative estimate of drug-likeness (QED) is 0.610. The molecular formula is C15H9BrO3. The highest BCUT2D eigenvalue weighted by Gasteiger charge is 2.20. The van der Waals surface area contributed by atoms with Crippen molar-refractivity contribution in [2.75, 3.05) is 0 Å². The number of hydrogen-bond donors (Lipinski definition) is 0. The van der Waals surface area contributed by atoms with Gasteiger partial charge in [0.15, 0.2) is 10.4 Å². The molecule has 4 heteroatoms. The highest BCUT2D eigenvalue weighted by Crippen LogP contribution is 2.41.